The third-order valence-corrected chi connectivity index (χ3v) is 2.90. The average molecular weight is 245 g/mol. The van der Waals surface area contributed by atoms with Gasteiger partial charge in [0.1, 0.15) is 11.6 Å². The molecule has 1 aromatic carbocycles. The van der Waals surface area contributed by atoms with Crippen molar-refractivity contribution in [3.63, 3.8) is 0 Å². The highest BCUT2D eigenvalue weighted by molar-refractivity contribution is 5.81. The predicted molar refractivity (Wildman–Crippen MR) is 55.2 cm³/mol. The van der Waals surface area contributed by atoms with Crippen LogP contribution in [0.15, 0.2) is 12.1 Å². The number of phenolic OH excluding ortho intramolecular Hbond substituents is 1. The molecule has 92 valence electrons. The maximum atomic E-state index is 13.4. The topological polar surface area (TPSA) is 40.5 Å². The molecule has 1 aliphatic rings. The van der Waals surface area contributed by atoms with Crippen LogP contribution in [0.4, 0.5) is 18.9 Å². The predicted octanol–water partition coefficient (Wildman–Crippen LogP) is 2.19. The van der Waals surface area contributed by atoms with E-state index in [0.717, 1.165) is 12.1 Å². The molecule has 0 aliphatic carbocycles. The molecule has 0 saturated carbocycles. The van der Waals surface area contributed by atoms with E-state index < -0.39 is 29.6 Å². The Morgan fingerprint density at radius 3 is 2.59 bits per heavy atom. The van der Waals surface area contributed by atoms with Crippen molar-refractivity contribution < 1.29 is 23.1 Å². The first kappa shape index (κ1) is 11.8. The number of benzene rings is 1. The first-order chi connectivity index (χ1) is 8.04. The van der Waals surface area contributed by atoms with Gasteiger partial charge in [-0.15, -0.1) is 0 Å². The fourth-order valence-electron chi connectivity index (χ4n) is 1.86. The van der Waals surface area contributed by atoms with E-state index in [2.05, 4.69) is 0 Å². The van der Waals surface area contributed by atoms with Crippen LogP contribution >= 0.6 is 0 Å². The smallest absolute Gasteiger partial charge is 0.258 e. The van der Waals surface area contributed by atoms with E-state index in [1.165, 1.54) is 4.90 Å². The Morgan fingerprint density at radius 2 is 2.18 bits per heavy atom. The lowest BCUT2D eigenvalue weighted by atomic mass is 10.0. The Balaban J connectivity index is 2.32. The minimum atomic E-state index is -2.51. The zero-order chi connectivity index (χ0) is 12.6. The summed E-state index contributed by atoms with van der Waals surface area (Å²) in [6.07, 6.45) is -2.00. The van der Waals surface area contributed by atoms with Crippen LogP contribution in [0.2, 0.25) is 0 Å². The number of hydrogen-bond donors (Lipinski definition) is 1. The van der Waals surface area contributed by atoms with Crippen LogP contribution in [-0.2, 0) is 0 Å². The van der Waals surface area contributed by atoms with Crippen molar-refractivity contribution in [1.82, 2.24) is 0 Å². The molecule has 1 saturated heterocycles. The number of carbonyl (C=O) groups is 1. The molecule has 1 fully saturated rings. The van der Waals surface area contributed by atoms with Crippen molar-refractivity contribution in [3.05, 3.63) is 23.5 Å². The van der Waals surface area contributed by atoms with Crippen LogP contribution in [0.5, 0.6) is 5.75 Å². The summed E-state index contributed by atoms with van der Waals surface area (Å²) in [6.45, 7) is 0.383. The molecule has 1 aromatic rings. The van der Waals surface area contributed by atoms with E-state index in [-0.39, 0.29) is 12.0 Å². The summed E-state index contributed by atoms with van der Waals surface area (Å²) in [5.74, 6) is -1.44. The molecule has 17 heavy (non-hydrogen) atoms. The van der Waals surface area contributed by atoms with E-state index in [1.807, 2.05) is 0 Å². The molecule has 0 bridgehead atoms. The van der Waals surface area contributed by atoms with Crippen LogP contribution in [0.25, 0.3) is 0 Å². The van der Waals surface area contributed by atoms with Gasteiger partial charge in [-0.1, -0.05) is 0 Å². The Morgan fingerprint density at radius 1 is 1.47 bits per heavy atom. The van der Waals surface area contributed by atoms with Gasteiger partial charge in [0.2, 0.25) is 0 Å². The lowest BCUT2D eigenvalue weighted by molar-refractivity contribution is 0.0876. The van der Waals surface area contributed by atoms with Gasteiger partial charge in [-0.25, -0.2) is 13.2 Å². The molecular weight excluding hydrogens is 235 g/mol. The van der Waals surface area contributed by atoms with Gasteiger partial charge in [0.25, 0.3) is 6.43 Å². The highest BCUT2D eigenvalue weighted by Gasteiger charge is 2.36. The van der Waals surface area contributed by atoms with Gasteiger partial charge in [-0.2, -0.15) is 0 Å². The second-order valence-corrected chi connectivity index (χ2v) is 3.86. The maximum Gasteiger partial charge on any atom is 0.258 e. The quantitative estimate of drug-likeness (QED) is 0.830. The summed E-state index contributed by atoms with van der Waals surface area (Å²) >= 11 is 0. The highest BCUT2D eigenvalue weighted by Crippen LogP contribution is 2.34. The highest BCUT2D eigenvalue weighted by atomic mass is 19.3. The van der Waals surface area contributed by atoms with Gasteiger partial charge < -0.3 is 10.0 Å². The molecule has 2 rings (SSSR count). The van der Waals surface area contributed by atoms with Gasteiger partial charge in [-0.3, -0.25) is 4.79 Å². The third kappa shape index (κ3) is 1.94. The third-order valence-electron chi connectivity index (χ3n) is 2.90. The molecule has 0 amide bonds. The fraction of sp³-hybridized carbons (Fsp3) is 0.364. The maximum absolute atomic E-state index is 13.4. The molecule has 1 N–H and O–H groups in total. The van der Waals surface area contributed by atoms with Crippen LogP contribution in [0.3, 0.4) is 0 Å². The molecule has 1 unspecified atom stereocenters. The second kappa shape index (κ2) is 4.27. The lowest BCUT2D eigenvalue weighted by Crippen LogP contribution is -2.52. The second-order valence-electron chi connectivity index (χ2n) is 3.86. The van der Waals surface area contributed by atoms with Gasteiger partial charge >= 0.3 is 0 Å². The molecule has 1 heterocycles. The number of nitrogens with zero attached hydrogens (tertiary/aromatic N) is 1. The largest absolute Gasteiger partial charge is 0.507 e. The molecule has 0 spiro atoms. The van der Waals surface area contributed by atoms with Crippen molar-refractivity contribution in [1.29, 1.82) is 0 Å². The summed E-state index contributed by atoms with van der Waals surface area (Å²) < 4.78 is 38.4. The summed E-state index contributed by atoms with van der Waals surface area (Å²) in [4.78, 5) is 11.8. The molecule has 0 radical (unpaired) electrons. The number of phenols is 1. The zero-order valence-electron chi connectivity index (χ0n) is 8.74. The molecule has 1 atom stereocenters. The van der Waals surface area contributed by atoms with Gasteiger partial charge in [0.15, 0.2) is 6.29 Å². The summed E-state index contributed by atoms with van der Waals surface area (Å²) in [5, 5.41) is 9.38. The number of aldehydes is 1. The van der Waals surface area contributed by atoms with Crippen molar-refractivity contribution in [2.24, 2.45) is 0 Å². The van der Waals surface area contributed by atoms with Crippen LogP contribution in [0.1, 0.15) is 16.8 Å². The van der Waals surface area contributed by atoms with Crippen molar-refractivity contribution in [2.45, 2.75) is 18.9 Å². The number of aromatic hydroxyl groups is 1. The summed E-state index contributed by atoms with van der Waals surface area (Å²) in [5.41, 5.74) is -0.287. The Labute approximate surface area is 95.5 Å². The summed E-state index contributed by atoms with van der Waals surface area (Å²) in [7, 11) is 0. The van der Waals surface area contributed by atoms with Crippen molar-refractivity contribution in [2.75, 3.05) is 11.4 Å². The number of carbonyl (C=O) groups excluding carboxylic acids is 1. The Bertz CT molecular complexity index is 427. The van der Waals surface area contributed by atoms with E-state index >= 15 is 0 Å². The van der Waals surface area contributed by atoms with Gasteiger partial charge in [-0.05, 0) is 12.5 Å². The normalized spacial score (nSPS) is 19.3. The fourth-order valence-corrected chi connectivity index (χ4v) is 1.86. The minimum absolute atomic E-state index is 0.169. The van der Waals surface area contributed by atoms with Crippen molar-refractivity contribution in [3.8, 4) is 5.75 Å². The summed E-state index contributed by atoms with van der Waals surface area (Å²) in [6, 6.07) is 1.16. The zero-order valence-corrected chi connectivity index (χ0v) is 8.74. The lowest BCUT2D eigenvalue weighted by Gasteiger charge is -2.42. The Kier molecular flexibility index (Phi) is 2.95. The van der Waals surface area contributed by atoms with Crippen LogP contribution in [-0.4, -0.2) is 30.4 Å². The van der Waals surface area contributed by atoms with Gasteiger partial charge in [0, 0.05) is 18.3 Å². The molecule has 0 aromatic heterocycles. The van der Waals surface area contributed by atoms with Crippen molar-refractivity contribution >= 4 is 12.0 Å². The molecule has 1 aliphatic heterocycles. The van der Waals surface area contributed by atoms with Crippen LogP contribution < -0.4 is 4.90 Å². The van der Waals surface area contributed by atoms with Crippen LogP contribution in [0, 0.1) is 5.82 Å². The first-order valence-corrected chi connectivity index (χ1v) is 5.07. The van der Waals surface area contributed by atoms with E-state index in [9.17, 15) is 23.1 Å². The molecule has 3 nitrogen and oxygen atoms in total. The molecular formula is C11H10F3NO2. The minimum Gasteiger partial charge on any atom is -0.507 e. The van der Waals surface area contributed by atoms with E-state index in [1.54, 1.807) is 0 Å². The SMILES string of the molecule is O=Cc1c(O)cc(N2CCC2C(F)F)cc1F. The standard InChI is InChI=1S/C11H10F3NO2/c12-8-3-6(4-10(17)7(8)5-16)15-2-1-9(15)11(13)14/h3-5,9,11,17H,1-2H2. The number of anilines is 1. The number of halogens is 3. The number of hydrogen-bond acceptors (Lipinski definition) is 3. The number of alkyl halides is 2. The average Bonchev–Trinajstić information content (AvgIpc) is 2.14. The first-order valence-electron chi connectivity index (χ1n) is 5.07. The monoisotopic (exact) mass is 245 g/mol. The van der Waals surface area contributed by atoms with Gasteiger partial charge in [0.05, 0.1) is 11.6 Å². The van der Waals surface area contributed by atoms with E-state index in [4.69, 9.17) is 0 Å². The Hall–Kier alpha value is -1.72. The van der Waals surface area contributed by atoms with E-state index in [0.29, 0.717) is 13.0 Å². The number of rotatable bonds is 3. The molecule has 6 heteroatoms.